The lowest BCUT2D eigenvalue weighted by atomic mass is 9.86. The summed E-state index contributed by atoms with van der Waals surface area (Å²) in [4.78, 5) is 0. The minimum absolute atomic E-state index is 0.179. The third-order valence-corrected chi connectivity index (χ3v) is 4.55. The first-order chi connectivity index (χ1) is 10.8. The Bertz CT molecular complexity index is 775. The molecule has 0 fully saturated rings. The number of hydrogen-bond acceptors (Lipinski definition) is 3. The number of nitrogens with zero attached hydrogens (tertiary/aromatic N) is 2. The van der Waals surface area contributed by atoms with Gasteiger partial charge in [-0.1, -0.05) is 34.0 Å². The average molecular weight is 436 g/mol. The molecule has 2 rings (SSSR count). The molecule has 0 saturated carbocycles. The second-order valence-electron chi connectivity index (χ2n) is 5.61. The van der Waals surface area contributed by atoms with Crippen molar-refractivity contribution in [2.45, 2.75) is 25.8 Å². The number of benzene rings is 2. The summed E-state index contributed by atoms with van der Waals surface area (Å²) in [6.45, 7) is 4.29. The molecule has 0 atom stereocenters. The van der Waals surface area contributed by atoms with E-state index in [0.29, 0.717) is 16.6 Å². The van der Waals surface area contributed by atoms with Gasteiger partial charge >= 0.3 is 0 Å². The molecular formula is C18H16Br2N2O. The molecule has 0 spiro atoms. The zero-order chi connectivity index (χ0) is 17.0. The highest BCUT2D eigenvalue weighted by atomic mass is 79.9. The van der Waals surface area contributed by atoms with Crippen LogP contribution in [0.25, 0.3) is 0 Å². The molecular weight excluding hydrogens is 420 g/mol. The van der Waals surface area contributed by atoms with Gasteiger partial charge < -0.3 is 5.11 Å². The van der Waals surface area contributed by atoms with Gasteiger partial charge in [-0.3, -0.25) is 0 Å². The number of aromatic hydroxyl groups is 1. The van der Waals surface area contributed by atoms with Gasteiger partial charge in [-0.2, -0.15) is 10.2 Å². The Labute approximate surface area is 153 Å². The predicted molar refractivity (Wildman–Crippen MR) is 100 cm³/mol. The summed E-state index contributed by atoms with van der Waals surface area (Å²) in [6, 6.07) is 11.3. The maximum atomic E-state index is 9.98. The molecule has 2 aromatic rings. The monoisotopic (exact) mass is 434 g/mol. The molecule has 0 aliphatic rings. The van der Waals surface area contributed by atoms with E-state index in [0.717, 1.165) is 15.7 Å². The largest absolute Gasteiger partial charge is 0.506 e. The molecule has 1 N–H and O–H groups in total. The number of terminal acetylenes is 1. The fraction of sp³-hybridized carbons (Fsp3) is 0.222. The van der Waals surface area contributed by atoms with E-state index in [1.807, 2.05) is 44.2 Å². The van der Waals surface area contributed by atoms with Gasteiger partial charge in [0.2, 0.25) is 0 Å². The number of rotatable bonds is 4. The van der Waals surface area contributed by atoms with Crippen molar-refractivity contribution >= 4 is 37.5 Å². The second kappa shape index (κ2) is 7.29. The van der Waals surface area contributed by atoms with Crippen molar-refractivity contribution in [3.63, 3.8) is 0 Å². The quantitative estimate of drug-likeness (QED) is 0.456. The molecule has 0 unspecified atom stereocenters. The molecule has 5 heteroatoms. The number of hydrogen-bond donors (Lipinski definition) is 1. The molecule has 2 aromatic carbocycles. The van der Waals surface area contributed by atoms with E-state index in [4.69, 9.17) is 6.42 Å². The minimum Gasteiger partial charge on any atom is -0.506 e. The molecule has 0 bridgehead atoms. The summed E-state index contributed by atoms with van der Waals surface area (Å²) >= 11 is 6.69. The van der Waals surface area contributed by atoms with E-state index in [9.17, 15) is 5.11 Å². The highest BCUT2D eigenvalue weighted by Crippen LogP contribution is 2.32. The molecule has 0 aliphatic carbocycles. The van der Waals surface area contributed by atoms with Gasteiger partial charge in [-0.05, 0) is 59.6 Å². The molecule has 0 amide bonds. The van der Waals surface area contributed by atoms with Gasteiger partial charge in [-0.25, -0.2) is 0 Å². The van der Waals surface area contributed by atoms with E-state index < -0.39 is 0 Å². The van der Waals surface area contributed by atoms with Crippen LogP contribution in [0.15, 0.2) is 55.6 Å². The second-order valence-corrected chi connectivity index (χ2v) is 7.38. The SMILES string of the molecule is C#CC(C)(C)c1ccc(N=NCc2cc(Br)cc(Br)c2O)cc1. The van der Waals surface area contributed by atoms with Crippen molar-refractivity contribution in [2.24, 2.45) is 10.2 Å². The fourth-order valence-corrected chi connectivity index (χ4v) is 3.27. The van der Waals surface area contributed by atoms with Crippen LogP contribution in [0, 0.1) is 12.3 Å². The summed E-state index contributed by atoms with van der Waals surface area (Å²) in [5, 5.41) is 18.3. The Morgan fingerprint density at radius 2 is 1.83 bits per heavy atom. The number of halogens is 2. The molecule has 3 nitrogen and oxygen atoms in total. The summed E-state index contributed by atoms with van der Waals surface area (Å²) in [5.41, 5.74) is 2.20. The first-order valence-corrected chi connectivity index (χ1v) is 8.55. The normalized spacial score (nSPS) is 11.6. The van der Waals surface area contributed by atoms with Crippen molar-refractivity contribution in [2.75, 3.05) is 0 Å². The summed E-state index contributed by atoms with van der Waals surface area (Å²) in [6.07, 6.45) is 5.54. The fourth-order valence-electron chi connectivity index (χ4n) is 1.96. The predicted octanol–water partition coefficient (Wildman–Crippen LogP) is 6.11. The van der Waals surface area contributed by atoms with E-state index in [2.05, 4.69) is 48.0 Å². The van der Waals surface area contributed by atoms with Crippen LogP contribution < -0.4 is 0 Å². The lowest BCUT2D eigenvalue weighted by Gasteiger charge is -2.17. The van der Waals surface area contributed by atoms with Crippen LogP contribution in [0.4, 0.5) is 5.69 Å². The Morgan fingerprint density at radius 1 is 1.17 bits per heavy atom. The van der Waals surface area contributed by atoms with Gasteiger partial charge in [0.05, 0.1) is 22.1 Å². The summed E-state index contributed by atoms with van der Waals surface area (Å²) < 4.78 is 1.49. The van der Waals surface area contributed by atoms with Crippen molar-refractivity contribution in [1.82, 2.24) is 0 Å². The average Bonchev–Trinajstić information content (AvgIpc) is 2.52. The Kier molecular flexibility index (Phi) is 5.61. The van der Waals surface area contributed by atoms with Crippen LogP contribution in [0.1, 0.15) is 25.0 Å². The van der Waals surface area contributed by atoms with E-state index >= 15 is 0 Å². The Morgan fingerprint density at radius 3 is 2.43 bits per heavy atom. The lowest BCUT2D eigenvalue weighted by Crippen LogP contribution is -2.13. The molecule has 0 saturated heterocycles. The highest BCUT2D eigenvalue weighted by Gasteiger charge is 2.16. The van der Waals surface area contributed by atoms with Gasteiger partial charge in [-0.15, -0.1) is 6.42 Å². The van der Waals surface area contributed by atoms with Crippen molar-refractivity contribution in [3.8, 4) is 18.1 Å². The highest BCUT2D eigenvalue weighted by molar-refractivity contribution is 9.11. The zero-order valence-corrected chi connectivity index (χ0v) is 16.0. The maximum absolute atomic E-state index is 9.98. The van der Waals surface area contributed by atoms with Crippen molar-refractivity contribution in [3.05, 3.63) is 56.5 Å². The minimum atomic E-state index is -0.302. The van der Waals surface area contributed by atoms with Crippen molar-refractivity contribution in [1.29, 1.82) is 0 Å². The van der Waals surface area contributed by atoms with Crippen LogP contribution in [-0.4, -0.2) is 5.11 Å². The molecule has 0 heterocycles. The topological polar surface area (TPSA) is 45.0 Å². The standard InChI is InChI=1S/C18H16Br2N2O/c1-4-18(2,3)13-5-7-15(8-6-13)22-21-11-12-9-14(19)10-16(20)17(12)23/h1,5-10,23H,11H2,2-3H3. The van der Waals surface area contributed by atoms with Gasteiger partial charge in [0.25, 0.3) is 0 Å². The van der Waals surface area contributed by atoms with Crippen LogP contribution in [0.2, 0.25) is 0 Å². The summed E-state index contributed by atoms with van der Waals surface area (Å²) in [5.74, 6) is 2.95. The van der Waals surface area contributed by atoms with Crippen LogP contribution >= 0.6 is 31.9 Å². The lowest BCUT2D eigenvalue weighted by molar-refractivity contribution is 0.464. The van der Waals surface area contributed by atoms with Gasteiger partial charge in [0, 0.05) is 10.0 Å². The molecule has 118 valence electrons. The third-order valence-electron chi connectivity index (χ3n) is 3.48. The number of phenols is 1. The zero-order valence-electron chi connectivity index (χ0n) is 12.8. The molecule has 23 heavy (non-hydrogen) atoms. The van der Waals surface area contributed by atoms with Gasteiger partial charge in [0.15, 0.2) is 0 Å². The molecule has 0 aromatic heterocycles. The first-order valence-electron chi connectivity index (χ1n) is 6.96. The number of azo groups is 1. The third kappa shape index (κ3) is 4.43. The van der Waals surface area contributed by atoms with Crippen LogP contribution in [0.5, 0.6) is 5.75 Å². The van der Waals surface area contributed by atoms with E-state index in [1.54, 1.807) is 6.07 Å². The van der Waals surface area contributed by atoms with Crippen LogP contribution in [-0.2, 0) is 12.0 Å². The maximum Gasteiger partial charge on any atom is 0.134 e. The van der Waals surface area contributed by atoms with Gasteiger partial charge in [0.1, 0.15) is 5.75 Å². The molecule has 0 aliphatic heterocycles. The molecule has 0 radical (unpaired) electrons. The van der Waals surface area contributed by atoms with Crippen molar-refractivity contribution < 1.29 is 5.11 Å². The first kappa shape index (κ1) is 17.7. The smallest absolute Gasteiger partial charge is 0.134 e. The van der Waals surface area contributed by atoms with E-state index in [1.165, 1.54) is 0 Å². The number of phenolic OH excluding ortho intramolecular Hbond substituents is 1. The summed E-state index contributed by atoms with van der Waals surface area (Å²) in [7, 11) is 0. The van der Waals surface area contributed by atoms with E-state index in [-0.39, 0.29) is 11.2 Å². The Hall–Kier alpha value is -1.64. The Balaban J connectivity index is 2.12. The van der Waals surface area contributed by atoms with Crippen LogP contribution in [0.3, 0.4) is 0 Å².